The zero-order valence-corrected chi connectivity index (χ0v) is 21.0. The first-order valence-corrected chi connectivity index (χ1v) is 12.0. The van der Waals surface area contributed by atoms with E-state index < -0.39 is 6.04 Å². The van der Waals surface area contributed by atoms with Crippen LogP contribution in [0.15, 0.2) is 53.7 Å². The highest BCUT2D eigenvalue weighted by Gasteiger charge is 2.34. The molecule has 0 bridgehead atoms. The van der Waals surface area contributed by atoms with Crippen molar-refractivity contribution in [2.45, 2.75) is 33.7 Å². The Morgan fingerprint density at radius 1 is 1.20 bits per heavy atom. The fourth-order valence-electron chi connectivity index (χ4n) is 4.03. The maximum absolute atomic E-state index is 13.1. The molecule has 0 saturated heterocycles. The Morgan fingerprint density at radius 3 is 2.71 bits per heavy atom. The third kappa shape index (κ3) is 5.24. The number of hydrogen-bond donors (Lipinski definition) is 2. The topological polar surface area (TPSA) is 89.1 Å². The van der Waals surface area contributed by atoms with Gasteiger partial charge in [0, 0.05) is 23.5 Å². The second kappa shape index (κ2) is 10.4. The van der Waals surface area contributed by atoms with Crippen LogP contribution in [0.3, 0.4) is 0 Å². The predicted molar refractivity (Wildman–Crippen MR) is 136 cm³/mol. The molecule has 2 heterocycles. The monoisotopic (exact) mass is 495 g/mol. The van der Waals surface area contributed by atoms with Gasteiger partial charge in [0.05, 0.1) is 18.2 Å². The van der Waals surface area contributed by atoms with Gasteiger partial charge in [-0.05, 0) is 67.9 Å². The van der Waals surface area contributed by atoms with Crippen molar-refractivity contribution >= 4 is 34.9 Å². The van der Waals surface area contributed by atoms with E-state index in [1.165, 1.54) is 0 Å². The predicted octanol–water partition coefficient (Wildman–Crippen LogP) is 4.39. The van der Waals surface area contributed by atoms with Crippen molar-refractivity contribution in [1.29, 1.82) is 0 Å². The summed E-state index contributed by atoms with van der Waals surface area (Å²) in [5.41, 5.74) is 3.07. The van der Waals surface area contributed by atoms with Crippen molar-refractivity contribution in [3.05, 3.63) is 64.9 Å². The van der Waals surface area contributed by atoms with E-state index in [-0.39, 0.29) is 24.6 Å². The van der Waals surface area contributed by atoms with E-state index in [0.29, 0.717) is 46.6 Å². The average molecular weight is 496 g/mol. The van der Waals surface area contributed by atoms with Crippen LogP contribution in [-0.2, 0) is 9.53 Å². The van der Waals surface area contributed by atoms with Gasteiger partial charge in [-0.25, -0.2) is 4.79 Å². The molecule has 0 saturated carbocycles. The molecule has 9 heteroatoms. The average Bonchev–Trinajstić information content (AvgIpc) is 3.30. The van der Waals surface area contributed by atoms with Gasteiger partial charge in [-0.3, -0.25) is 4.79 Å². The van der Waals surface area contributed by atoms with Crippen molar-refractivity contribution in [3.8, 4) is 11.5 Å². The normalized spacial score (nSPS) is 16.9. The molecule has 8 nitrogen and oxygen atoms in total. The molecule has 0 spiro atoms. The van der Waals surface area contributed by atoms with E-state index in [0.717, 1.165) is 11.3 Å². The lowest BCUT2D eigenvalue weighted by molar-refractivity contribution is -0.140. The number of carbonyl (C=O) groups is 2. The Balaban J connectivity index is 1.60. The highest BCUT2D eigenvalue weighted by Crippen LogP contribution is 2.34. The van der Waals surface area contributed by atoms with Crippen LogP contribution >= 0.6 is 12.2 Å². The van der Waals surface area contributed by atoms with Gasteiger partial charge in [0.15, 0.2) is 16.6 Å². The number of carbonyl (C=O) groups excluding carboxylic acids is 2. The standard InChI is InChI=1S/C26H29N3O5S/c1-5-29-16(4)22(25(31)32-13-15(2)3)23(28-26(29)35)17-7-6-8-19(11-17)27-24(30)18-9-10-20-21(12-18)34-14-33-20/h6-12,15,23H,5,13-14H2,1-4H3,(H,27,30)(H,28,35). The summed E-state index contributed by atoms with van der Waals surface area (Å²) in [6.07, 6.45) is 0. The van der Waals surface area contributed by atoms with Crippen LogP contribution < -0.4 is 20.1 Å². The summed E-state index contributed by atoms with van der Waals surface area (Å²) in [6, 6.07) is 11.9. The zero-order valence-electron chi connectivity index (χ0n) is 20.2. The summed E-state index contributed by atoms with van der Waals surface area (Å²) in [6.45, 7) is 8.92. The van der Waals surface area contributed by atoms with Crippen molar-refractivity contribution < 1.29 is 23.8 Å². The summed E-state index contributed by atoms with van der Waals surface area (Å²) < 4.78 is 16.3. The fourth-order valence-corrected chi connectivity index (χ4v) is 4.42. The molecule has 2 aliphatic rings. The smallest absolute Gasteiger partial charge is 0.338 e. The quantitative estimate of drug-likeness (QED) is 0.432. The molecular weight excluding hydrogens is 466 g/mol. The molecule has 0 aliphatic carbocycles. The Morgan fingerprint density at radius 2 is 1.97 bits per heavy atom. The summed E-state index contributed by atoms with van der Waals surface area (Å²) >= 11 is 5.57. The SMILES string of the molecule is CCN1C(=S)NC(c2cccc(NC(=O)c3ccc4c(c3)OCO4)c2)C(C(=O)OCC(C)C)=C1C. The van der Waals surface area contributed by atoms with Gasteiger partial charge < -0.3 is 29.7 Å². The molecule has 4 rings (SSSR count). The number of esters is 1. The molecule has 0 fully saturated rings. The van der Waals surface area contributed by atoms with Gasteiger partial charge in [0.25, 0.3) is 5.91 Å². The Hall–Kier alpha value is -3.59. The van der Waals surface area contributed by atoms with Crippen molar-refractivity contribution in [2.24, 2.45) is 5.92 Å². The number of fused-ring (bicyclic) bond motifs is 1. The number of anilines is 1. The molecule has 2 aliphatic heterocycles. The minimum atomic E-state index is -0.507. The van der Waals surface area contributed by atoms with Gasteiger partial charge in [-0.15, -0.1) is 0 Å². The minimum absolute atomic E-state index is 0.142. The Kier molecular flexibility index (Phi) is 7.25. The highest BCUT2D eigenvalue weighted by atomic mass is 32.1. The summed E-state index contributed by atoms with van der Waals surface area (Å²) in [5.74, 6) is 0.699. The number of ether oxygens (including phenoxy) is 3. The number of amides is 1. The van der Waals surface area contributed by atoms with Gasteiger partial charge in [-0.1, -0.05) is 26.0 Å². The molecule has 184 valence electrons. The third-order valence-corrected chi connectivity index (χ3v) is 6.13. The maximum atomic E-state index is 13.1. The second-order valence-electron chi connectivity index (χ2n) is 8.77. The van der Waals surface area contributed by atoms with E-state index >= 15 is 0 Å². The van der Waals surface area contributed by atoms with Crippen LogP contribution in [0.2, 0.25) is 0 Å². The van der Waals surface area contributed by atoms with Crippen molar-refractivity contribution in [3.63, 3.8) is 0 Å². The molecule has 0 aromatic heterocycles. The van der Waals surface area contributed by atoms with Gasteiger partial charge in [0.1, 0.15) is 0 Å². The van der Waals surface area contributed by atoms with Crippen LogP contribution in [0.5, 0.6) is 11.5 Å². The molecule has 0 radical (unpaired) electrons. The van der Waals surface area contributed by atoms with Crippen molar-refractivity contribution in [2.75, 3.05) is 25.3 Å². The number of rotatable bonds is 7. The molecule has 2 N–H and O–H groups in total. The number of benzene rings is 2. The minimum Gasteiger partial charge on any atom is -0.462 e. The first-order chi connectivity index (χ1) is 16.8. The lowest BCUT2D eigenvalue weighted by Gasteiger charge is -2.37. The maximum Gasteiger partial charge on any atom is 0.338 e. The van der Waals surface area contributed by atoms with Crippen molar-refractivity contribution in [1.82, 2.24) is 10.2 Å². The number of nitrogens with zero attached hydrogens (tertiary/aromatic N) is 1. The summed E-state index contributed by atoms with van der Waals surface area (Å²) in [4.78, 5) is 27.9. The highest BCUT2D eigenvalue weighted by molar-refractivity contribution is 7.80. The van der Waals surface area contributed by atoms with Gasteiger partial charge in [-0.2, -0.15) is 0 Å². The molecule has 1 atom stereocenters. The van der Waals surface area contributed by atoms with Gasteiger partial charge >= 0.3 is 5.97 Å². The molecule has 35 heavy (non-hydrogen) atoms. The largest absolute Gasteiger partial charge is 0.462 e. The molecule has 2 aromatic carbocycles. The molecule has 2 aromatic rings. The lowest BCUT2D eigenvalue weighted by atomic mass is 9.94. The van der Waals surface area contributed by atoms with Crippen LogP contribution in [-0.4, -0.2) is 41.8 Å². The first-order valence-electron chi connectivity index (χ1n) is 11.5. The summed E-state index contributed by atoms with van der Waals surface area (Å²) in [7, 11) is 0. The number of nitrogens with one attached hydrogen (secondary N) is 2. The third-order valence-electron chi connectivity index (χ3n) is 5.79. The van der Waals surface area contributed by atoms with E-state index in [1.807, 2.05) is 50.8 Å². The van der Waals surface area contributed by atoms with Gasteiger partial charge in [0.2, 0.25) is 6.79 Å². The summed E-state index contributed by atoms with van der Waals surface area (Å²) in [5, 5.41) is 6.73. The van der Waals surface area contributed by atoms with Crippen LogP contribution in [0.1, 0.15) is 49.7 Å². The van der Waals surface area contributed by atoms with E-state index in [1.54, 1.807) is 24.3 Å². The first kappa shape index (κ1) is 24.5. The Labute approximate surface area is 210 Å². The zero-order chi connectivity index (χ0) is 25.1. The van der Waals surface area contributed by atoms with E-state index in [2.05, 4.69) is 10.6 Å². The van der Waals surface area contributed by atoms with Crippen LogP contribution in [0.4, 0.5) is 5.69 Å². The fraction of sp³-hybridized carbons (Fsp3) is 0.346. The number of thiocarbonyl (C=S) groups is 1. The molecular formula is C26H29N3O5S. The van der Waals surface area contributed by atoms with Crippen LogP contribution in [0.25, 0.3) is 0 Å². The van der Waals surface area contributed by atoms with Crippen LogP contribution in [0, 0.1) is 5.92 Å². The molecule has 1 unspecified atom stereocenters. The molecule has 1 amide bonds. The second-order valence-corrected chi connectivity index (χ2v) is 9.15. The van der Waals surface area contributed by atoms with E-state index in [9.17, 15) is 9.59 Å². The number of allylic oxidation sites excluding steroid dienone is 1. The lowest BCUT2D eigenvalue weighted by Crippen LogP contribution is -2.47. The number of hydrogen-bond acceptors (Lipinski definition) is 6. The van der Waals surface area contributed by atoms with E-state index in [4.69, 9.17) is 26.4 Å². The Bertz CT molecular complexity index is 1190.